The Kier molecular flexibility index (Phi) is 3.98. The highest BCUT2D eigenvalue weighted by Gasteiger charge is 2.40. The molecule has 0 unspecified atom stereocenters. The first-order chi connectivity index (χ1) is 15.3. The van der Waals surface area contributed by atoms with E-state index in [0.29, 0.717) is 35.3 Å². The number of carbonyl (C=O) groups excluding carboxylic acids is 1. The van der Waals surface area contributed by atoms with Crippen LogP contribution in [0.4, 0.5) is 10.6 Å². The maximum absolute atomic E-state index is 13.0. The zero-order valence-electron chi connectivity index (χ0n) is 17.8. The van der Waals surface area contributed by atoms with Crippen LogP contribution in [0.15, 0.2) is 24.7 Å². The molecule has 2 amide bonds. The maximum Gasteiger partial charge on any atom is 0.318 e. The van der Waals surface area contributed by atoms with E-state index in [4.69, 9.17) is 17.3 Å². The van der Waals surface area contributed by atoms with E-state index < -0.39 is 5.54 Å². The molecular formula is C22H23ClN8O. The van der Waals surface area contributed by atoms with Gasteiger partial charge in [-0.2, -0.15) is 0 Å². The minimum atomic E-state index is -0.414. The second kappa shape index (κ2) is 6.59. The van der Waals surface area contributed by atoms with Gasteiger partial charge >= 0.3 is 6.03 Å². The second-order valence-electron chi connectivity index (χ2n) is 9.22. The molecule has 10 heteroatoms. The Morgan fingerprint density at radius 2 is 2.12 bits per heavy atom. The third kappa shape index (κ3) is 2.77. The number of nitrogens with one attached hydrogen (secondary N) is 2. The van der Waals surface area contributed by atoms with E-state index in [-0.39, 0.29) is 12.1 Å². The van der Waals surface area contributed by atoms with E-state index in [1.807, 2.05) is 17.0 Å². The average molecular weight is 451 g/mol. The predicted octanol–water partition coefficient (Wildman–Crippen LogP) is 3.63. The molecule has 164 valence electrons. The van der Waals surface area contributed by atoms with Crippen LogP contribution in [0.25, 0.3) is 33.3 Å². The number of H-pyrrole nitrogens is 1. The summed E-state index contributed by atoms with van der Waals surface area (Å²) in [5.41, 5.74) is 9.83. The highest BCUT2D eigenvalue weighted by atomic mass is 35.5. The molecule has 2 aliphatic rings. The molecule has 4 N–H and O–H groups in total. The molecule has 4 aromatic rings. The van der Waals surface area contributed by atoms with Gasteiger partial charge in [-0.15, -0.1) is 0 Å². The van der Waals surface area contributed by atoms with Gasteiger partial charge < -0.3 is 25.5 Å². The van der Waals surface area contributed by atoms with Crippen molar-refractivity contribution in [2.24, 2.45) is 0 Å². The van der Waals surface area contributed by atoms with Crippen LogP contribution in [0.2, 0.25) is 5.02 Å². The number of urea groups is 1. The zero-order valence-corrected chi connectivity index (χ0v) is 18.6. The second-order valence-corrected chi connectivity index (χ2v) is 9.60. The molecule has 1 saturated carbocycles. The molecule has 0 aromatic carbocycles. The van der Waals surface area contributed by atoms with E-state index in [1.165, 1.54) is 6.33 Å². The van der Waals surface area contributed by atoms with E-state index >= 15 is 0 Å². The van der Waals surface area contributed by atoms with Crippen LogP contribution in [0.3, 0.4) is 0 Å². The molecule has 9 nitrogen and oxygen atoms in total. The Labute approximate surface area is 189 Å². The average Bonchev–Trinajstić information content (AvgIpc) is 3.41. The standard InChI is InChI=1S/C22H23ClN8O/c1-22(2)9-30(21(32)28-11-5-6-11)8-13-14(15-18(24)26-10-27-20(15)31(13)22)17-16(23)12-4-3-7-25-19(12)29-17/h3-4,7,10-11H,5-6,8-9H2,1-2H3,(H,25,29)(H,28,32)(H2,24,26,27). The van der Waals surface area contributed by atoms with Gasteiger partial charge in [0.2, 0.25) is 0 Å². The van der Waals surface area contributed by atoms with E-state index in [1.54, 1.807) is 6.20 Å². The third-order valence-electron chi connectivity index (χ3n) is 6.35. The molecule has 1 aliphatic carbocycles. The van der Waals surface area contributed by atoms with Crippen molar-refractivity contribution >= 4 is 45.5 Å². The Hall–Kier alpha value is -3.33. The fourth-order valence-electron chi connectivity index (χ4n) is 4.83. The number of anilines is 1. The van der Waals surface area contributed by atoms with Crippen molar-refractivity contribution in [1.29, 1.82) is 0 Å². The smallest absolute Gasteiger partial charge is 0.318 e. The molecule has 32 heavy (non-hydrogen) atoms. The van der Waals surface area contributed by atoms with Crippen molar-refractivity contribution in [3.8, 4) is 11.3 Å². The normalized spacial score (nSPS) is 17.7. The molecule has 4 aromatic heterocycles. The van der Waals surface area contributed by atoms with Crippen LogP contribution in [-0.4, -0.2) is 48.0 Å². The van der Waals surface area contributed by atoms with Crippen molar-refractivity contribution in [1.82, 2.24) is 34.7 Å². The van der Waals surface area contributed by atoms with Crippen LogP contribution in [-0.2, 0) is 12.1 Å². The van der Waals surface area contributed by atoms with Gasteiger partial charge in [0.25, 0.3) is 0 Å². The molecular weight excluding hydrogens is 428 g/mol. The number of aromatic amines is 1. The maximum atomic E-state index is 13.0. The summed E-state index contributed by atoms with van der Waals surface area (Å²) >= 11 is 6.84. The summed E-state index contributed by atoms with van der Waals surface area (Å²) in [6.45, 7) is 5.16. The Balaban J connectivity index is 1.62. The van der Waals surface area contributed by atoms with Crippen LogP contribution in [0.5, 0.6) is 0 Å². The van der Waals surface area contributed by atoms with Gasteiger partial charge in [-0.25, -0.2) is 19.7 Å². The zero-order chi connectivity index (χ0) is 22.2. The number of hydrogen-bond donors (Lipinski definition) is 3. The fourth-order valence-corrected chi connectivity index (χ4v) is 5.12. The molecule has 6 rings (SSSR count). The summed E-state index contributed by atoms with van der Waals surface area (Å²) in [7, 11) is 0. The Morgan fingerprint density at radius 1 is 1.31 bits per heavy atom. The van der Waals surface area contributed by atoms with E-state index in [9.17, 15) is 4.79 Å². The lowest BCUT2D eigenvalue weighted by atomic mass is 9.99. The van der Waals surface area contributed by atoms with Crippen molar-refractivity contribution < 1.29 is 4.79 Å². The van der Waals surface area contributed by atoms with Crippen LogP contribution in [0.1, 0.15) is 32.4 Å². The number of aromatic nitrogens is 5. The number of pyridine rings is 1. The molecule has 0 bridgehead atoms. The monoisotopic (exact) mass is 450 g/mol. The van der Waals surface area contributed by atoms with Crippen LogP contribution in [0, 0.1) is 0 Å². The lowest BCUT2D eigenvalue weighted by Crippen LogP contribution is -2.52. The molecule has 0 spiro atoms. The first kappa shape index (κ1) is 19.4. The first-order valence-electron chi connectivity index (χ1n) is 10.7. The molecule has 1 aliphatic heterocycles. The van der Waals surface area contributed by atoms with Crippen molar-refractivity contribution in [2.45, 2.75) is 44.8 Å². The molecule has 5 heterocycles. The highest BCUT2D eigenvalue weighted by molar-refractivity contribution is 6.38. The van der Waals surface area contributed by atoms with Crippen molar-refractivity contribution in [3.05, 3.63) is 35.4 Å². The summed E-state index contributed by atoms with van der Waals surface area (Å²) in [6.07, 6.45) is 5.28. The highest BCUT2D eigenvalue weighted by Crippen LogP contribution is 2.45. The minimum absolute atomic E-state index is 0.0495. The summed E-state index contributed by atoms with van der Waals surface area (Å²) < 4.78 is 2.17. The molecule has 0 saturated heterocycles. The van der Waals surface area contributed by atoms with Gasteiger partial charge in [0.15, 0.2) is 0 Å². The lowest BCUT2D eigenvalue weighted by Gasteiger charge is -2.41. The topological polar surface area (TPSA) is 118 Å². The van der Waals surface area contributed by atoms with Gasteiger partial charge in [-0.1, -0.05) is 11.6 Å². The van der Waals surface area contributed by atoms with Crippen LogP contribution >= 0.6 is 11.6 Å². The number of rotatable bonds is 2. The number of nitrogen functional groups attached to an aromatic ring is 1. The number of carbonyl (C=O) groups is 1. The number of fused-ring (bicyclic) bond motifs is 4. The fraction of sp³-hybridized carbons (Fsp3) is 0.364. The summed E-state index contributed by atoms with van der Waals surface area (Å²) in [5, 5.41) is 5.23. The van der Waals surface area contributed by atoms with Crippen molar-refractivity contribution in [3.63, 3.8) is 0 Å². The largest absolute Gasteiger partial charge is 0.383 e. The SMILES string of the molecule is CC1(C)CN(C(=O)NC2CC2)Cc2c(-c3[nH]c4ncccc4c3Cl)c3c(N)ncnc3n21. The quantitative estimate of drug-likeness (QED) is 0.431. The number of amides is 2. The first-order valence-corrected chi connectivity index (χ1v) is 11.0. The third-order valence-corrected chi connectivity index (χ3v) is 6.74. The Morgan fingerprint density at radius 3 is 2.88 bits per heavy atom. The van der Waals surface area contributed by atoms with Gasteiger partial charge in [-0.3, -0.25) is 0 Å². The van der Waals surface area contributed by atoms with Crippen LogP contribution < -0.4 is 11.1 Å². The number of hydrogen-bond acceptors (Lipinski definition) is 5. The van der Waals surface area contributed by atoms with Gasteiger partial charge in [0, 0.05) is 35.4 Å². The number of halogens is 1. The summed E-state index contributed by atoms with van der Waals surface area (Å²) in [6, 6.07) is 4.01. The van der Waals surface area contributed by atoms with Gasteiger partial charge in [0.1, 0.15) is 23.4 Å². The van der Waals surface area contributed by atoms with E-state index in [2.05, 4.69) is 43.7 Å². The van der Waals surface area contributed by atoms with Gasteiger partial charge in [0.05, 0.1) is 28.2 Å². The van der Waals surface area contributed by atoms with Gasteiger partial charge in [-0.05, 0) is 38.8 Å². The molecule has 0 radical (unpaired) electrons. The predicted molar refractivity (Wildman–Crippen MR) is 123 cm³/mol. The minimum Gasteiger partial charge on any atom is -0.383 e. The molecule has 1 fully saturated rings. The number of nitrogens with two attached hydrogens (primary N) is 1. The molecule has 0 atom stereocenters. The summed E-state index contributed by atoms with van der Waals surface area (Å²) in [4.78, 5) is 31.5. The Bertz CT molecular complexity index is 1400. The van der Waals surface area contributed by atoms with E-state index in [0.717, 1.165) is 40.5 Å². The summed E-state index contributed by atoms with van der Waals surface area (Å²) in [5.74, 6) is 0.374. The lowest BCUT2D eigenvalue weighted by molar-refractivity contribution is 0.143. The van der Waals surface area contributed by atoms with Crippen molar-refractivity contribution in [2.75, 3.05) is 12.3 Å². The number of nitrogens with zero attached hydrogens (tertiary/aromatic N) is 5.